The van der Waals surface area contributed by atoms with E-state index in [-0.39, 0.29) is 5.92 Å². The van der Waals surface area contributed by atoms with Gasteiger partial charge in [0.05, 0.1) is 5.02 Å². The maximum atomic E-state index is 11.0. The standard InChI is InChI=1S/C9H9ClOS/c1-5(11)6-4-7(6)9-8(10)2-3-12-9/h2-3,6-7H,4H2,1H3. The second-order valence-electron chi connectivity index (χ2n) is 3.19. The van der Waals surface area contributed by atoms with Gasteiger partial charge >= 0.3 is 0 Å². The molecule has 3 heteroatoms. The third-order valence-corrected chi connectivity index (χ3v) is 3.78. The van der Waals surface area contributed by atoms with E-state index in [1.165, 1.54) is 4.88 Å². The fraction of sp³-hybridized carbons (Fsp3) is 0.444. The maximum absolute atomic E-state index is 11.0. The Kier molecular flexibility index (Phi) is 1.97. The van der Waals surface area contributed by atoms with Gasteiger partial charge in [0, 0.05) is 16.7 Å². The van der Waals surface area contributed by atoms with Crippen LogP contribution in [0.4, 0.5) is 0 Å². The molecule has 0 aliphatic heterocycles. The van der Waals surface area contributed by atoms with Crippen molar-refractivity contribution in [1.29, 1.82) is 0 Å². The van der Waals surface area contributed by atoms with E-state index in [0.29, 0.717) is 11.7 Å². The smallest absolute Gasteiger partial charge is 0.133 e. The molecule has 12 heavy (non-hydrogen) atoms. The average Bonchev–Trinajstić information content (AvgIpc) is 2.70. The van der Waals surface area contributed by atoms with Crippen LogP contribution in [-0.4, -0.2) is 5.78 Å². The van der Waals surface area contributed by atoms with Gasteiger partial charge in [0.2, 0.25) is 0 Å². The maximum Gasteiger partial charge on any atom is 0.133 e. The number of Topliss-reactive ketones (excluding diaryl/α,β-unsaturated/α-hetero) is 1. The van der Waals surface area contributed by atoms with E-state index < -0.39 is 0 Å². The molecule has 1 aliphatic rings. The number of carbonyl (C=O) groups is 1. The largest absolute Gasteiger partial charge is 0.300 e. The Morgan fingerprint density at radius 2 is 2.50 bits per heavy atom. The van der Waals surface area contributed by atoms with E-state index in [2.05, 4.69) is 0 Å². The summed E-state index contributed by atoms with van der Waals surface area (Å²) in [4.78, 5) is 12.2. The quantitative estimate of drug-likeness (QED) is 0.717. The van der Waals surface area contributed by atoms with Crippen molar-refractivity contribution in [2.45, 2.75) is 19.3 Å². The van der Waals surface area contributed by atoms with Crippen LogP contribution in [0.15, 0.2) is 11.4 Å². The highest BCUT2D eigenvalue weighted by molar-refractivity contribution is 7.10. The number of hydrogen-bond acceptors (Lipinski definition) is 2. The van der Waals surface area contributed by atoms with E-state index in [1.54, 1.807) is 18.3 Å². The number of thiophene rings is 1. The van der Waals surface area contributed by atoms with Crippen molar-refractivity contribution in [3.63, 3.8) is 0 Å². The van der Waals surface area contributed by atoms with Crippen LogP contribution in [0.25, 0.3) is 0 Å². The van der Waals surface area contributed by atoms with Gasteiger partial charge in [0.25, 0.3) is 0 Å². The molecule has 1 aromatic heterocycles. The monoisotopic (exact) mass is 200 g/mol. The lowest BCUT2D eigenvalue weighted by Crippen LogP contribution is -1.93. The molecular formula is C9H9ClOS. The fourth-order valence-electron chi connectivity index (χ4n) is 1.50. The number of carbonyl (C=O) groups excluding carboxylic acids is 1. The van der Waals surface area contributed by atoms with Crippen LogP contribution >= 0.6 is 22.9 Å². The molecule has 0 radical (unpaired) electrons. The predicted octanol–water partition coefficient (Wildman–Crippen LogP) is 3.09. The predicted molar refractivity (Wildman–Crippen MR) is 50.9 cm³/mol. The van der Waals surface area contributed by atoms with E-state index in [9.17, 15) is 4.79 Å². The van der Waals surface area contributed by atoms with Crippen LogP contribution < -0.4 is 0 Å². The lowest BCUT2D eigenvalue weighted by molar-refractivity contribution is -0.118. The number of hydrogen-bond donors (Lipinski definition) is 0. The second kappa shape index (κ2) is 2.86. The van der Waals surface area contributed by atoms with Gasteiger partial charge in [-0.1, -0.05) is 11.6 Å². The Morgan fingerprint density at radius 3 is 2.92 bits per heavy atom. The van der Waals surface area contributed by atoms with Crippen LogP contribution in [-0.2, 0) is 4.79 Å². The fourth-order valence-corrected chi connectivity index (χ4v) is 2.88. The number of halogens is 1. The molecule has 0 spiro atoms. The molecule has 1 fully saturated rings. The number of rotatable bonds is 2. The van der Waals surface area contributed by atoms with Crippen molar-refractivity contribution in [3.05, 3.63) is 21.3 Å². The van der Waals surface area contributed by atoms with Crippen LogP contribution in [0.3, 0.4) is 0 Å². The first-order valence-corrected chi connectivity index (χ1v) is 5.19. The minimum absolute atomic E-state index is 0.251. The molecule has 2 unspecified atom stereocenters. The van der Waals surface area contributed by atoms with Gasteiger partial charge in [0.1, 0.15) is 5.78 Å². The molecule has 1 aromatic rings. The van der Waals surface area contributed by atoms with Gasteiger partial charge in [-0.05, 0) is 24.8 Å². The highest BCUT2D eigenvalue weighted by Crippen LogP contribution is 2.51. The first-order chi connectivity index (χ1) is 5.70. The highest BCUT2D eigenvalue weighted by Gasteiger charge is 2.43. The van der Waals surface area contributed by atoms with Crippen molar-refractivity contribution in [3.8, 4) is 0 Å². The molecular weight excluding hydrogens is 192 g/mol. The van der Waals surface area contributed by atoms with Gasteiger partial charge < -0.3 is 0 Å². The average molecular weight is 201 g/mol. The Balaban J connectivity index is 2.15. The van der Waals surface area contributed by atoms with E-state index >= 15 is 0 Å². The van der Waals surface area contributed by atoms with Crippen LogP contribution in [0, 0.1) is 5.92 Å². The Hall–Kier alpha value is -0.340. The highest BCUT2D eigenvalue weighted by atomic mass is 35.5. The lowest BCUT2D eigenvalue weighted by Gasteiger charge is -1.93. The molecule has 0 aromatic carbocycles. The van der Waals surface area contributed by atoms with Crippen LogP contribution in [0.2, 0.25) is 5.02 Å². The summed E-state index contributed by atoms with van der Waals surface area (Å²) >= 11 is 7.60. The molecule has 0 amide bonds. The minimum atomic E-state index is 0.251. The van der Waals surface area contributed by atoms with Crippen molar-refractivity contribution < 1.29 is 4.79 Å². The van der Waals surface area contributed by atoms with Gasteiger partial charge in [-0.25, -0.2) is 0 Å². The molecule has 0 saturated heterocycles. The molecule has 1 heterocycles. The van der Waals surface area contributed by atoms with Gasteiger partial charge in [-0.15, -0.1) is 11.3 Å². The summed E-state index contributed by atoms with van der Waals surface area (Å²) < 4.78 is 0. The molecule has 2 rings (SSSR count). The summed E-state index contributed by atoms with van der Waals surface area (Å²) in [6.07, 6.45) is 0.996. The zero-order valence-electron chi connectivity index (χ0n) is 6.71. The SMILES string of the molecule is CC(=O)C1CC1c1sccc1Cl. The summed E-state index contributed by atoms with van der Waals surface area (Å²) in [5.74, 6) is 0.973. The normalized spacial score (nSPS) is 27.2. The van der Waals surface area contributed by atoms with E-state index in [4.69, 9.17) is 11.6 Å². The molecule has 0 N–H and O–H groups in total. The van der Waals surface area contributed by atoms with Crippen molar-refractivity contribution in [1.82, 2.24) is 0 Å². The third kappa shape index (κ3) is 1.29. The molecule has 1 nitrogen and oxygen atoms in total. The van der Waals surface area contributed by atoms with Gasteiger partial charge in [-0.2, -0.15) is 0 Å². The van der Waals surface area contributed by atoms with Crippen molar-refractivity contribution in [2.75, 3.05) is 0 Å². The van der Waals surface area contributed by atoms with Crippen molar-refractivity contribution in [2.24, 2.45) is 5.92 Å². The molecule has 64 valence electrons. The second-order valence-corrected chi connectivity index (χ2v) is 4.55. The molecule has 2 atom stereocenters. The summed E-state index contributed by atoms with van der Waals surface area (Å²) in [6, 6.07) is 1.90. The van der Waals surface area contributed by atoms with Gasteiger partial charge in [0.15, 0.2) is 0 Å². The van der Waals surface area contributed by atoms with Crippen LogP contribution in [0.5, 0.6) is 0 Å². The van der Waals surface area contributed by atoms with Crippen molar-refractivity contribution >= 4 is 28.7 Å². The first kappa shape index (κ1) is 8.27. The van der Waals surface area contributed by atoms with Crippen LogP contribution in [0.1, 0.15) is 24.1 Å². The number of ketones is 1. The van der Waals surface area contributed by atoms with Gasteiger partial charge in [-0.3, -0.25) is 4.79 Å². The third-order valence-electron chi connectivity index (χ3n) is 2.29. The summed E-state index contributed by atoms with van der Waals surface area (Å²) in [5, 5.41) is 2.81. The zero-order valence-corrected chi connectivity index (χ0v) is 8.28. The van der Waals surface area contributed by atoms with E-state index in [1.807, 2.05) is 11.4 Å². The first-order valence-electron chi connectivity index (χ1n) is 3.93. The summed E-state index contributed by atoms with van der Waals surface area (Å²) in [5.41, 5.74) is 0. The van der Waals surface area contributed by atoms with E-state index in [0.717, 1.165) is 11.4 Å². The Labute approximate surface area is 80.4 Å². The zero-order chi connectivity index (χ0) is 8.72. The Bertz CT molecular complexity index is 318. The Morgan fingerprint density at radius 1 is 1.75 bits per heavy atom. The molecule has 1 saturated carbocycles. The summed E-state index contributed by atoms with van der Waals surface area (Å²) in [6.45, 7) is 1.66. The molecule has 0 bridgehead atoms. The minimum Gasteiger partial charge on any atom is -0.300 e. The topological polar surface area (TPSA) is 17.1 Å². The lowest BCUT2D eigenvalue weighted by atomic mass is 10.2. The summed E-state index contributed by atoms with van der Waals surface area (Å²) in [7, 11) is 0. The molecule has 1 aliphatic carbocycles.